The van der Waals surface area contributed by atoms with Gasteiger partial charge in [-0.15, -0.1) is 0 Å². The number of benzene rings is 7. The lowest BCUT2D eigenvalue weighted by Gasteiger charge is -2.23. The van der Waals surface area contributed by atoms with Crippen molar-refractivity contribution in [3.8, 4) is 33.4 Å². The third-order valence-corrected chi connectivity index (χ3v) is 9.46. The molecule has 0 atom stereocenters. The van der Waals surface area contributed by atoms with E-state index in [-0.39, 0.29) is 5.41 Å². The lowest BCUT2D eigenvalue weighted by molar-refractivity contribution is 0.657. The molecule has 1 nitrogen and oxygen atoms in total. The number of fused-ring (bicyclic) bond motifs is 9. The van der Waals surface area contributed by atoms with Gasteiger partial charge in [0.05, 0.1) is 0 Å². The molecule has 1 aliphatic rings. The first kappa shape index (κ1) is 23.6. The quantitative estimate of drug-likeness (QED) is 0.200. The molecule has 0 bridgehead atoms. The fourth-order valence-electron chi connectivity index (χ4n) is 7.55. The van der Waals surface area contributed by atoms with Crippen molar-refractivity contribution in [1.29, 1.82) is 0 Å². The second-order valence-electron chi connectivity index (χ2n) is 12.1. The second-order valence-corrected chi connectivity index (χ2v) is 12.1. The first-order chi connectivity index (χ1) is 20.6. The van der Waals surface area contributed by atoms with Gasteiger partial charge in [0.15, 0.2) is 0 Å². The Bertz CT molecular complexity index is 2310. The summed E-state index contributed by atoms with van der Waals surface area (Å²) in [6.45, 7) is 4.73. The molecule has 0 unspecified atom stereocenters. The Balaban J connectivity index is 1.35. The van der Waals surface area contributed by atoms with Crippen molar-refractivity contribution in [3.05, 3.63) is 145 Å². The van der Waals surface area contributed by atoms with Crippen molar-refractivity contribution in [2.75, 3.05) is 0 Å². The van der Waals surface area contributed by atoms with Crippen LogP contribution >= 0.6 is 0 Å². The summed E-state index contributed by atoms with van der Waals surface area (Å²) in [5, 5.41) is 7.55. The smallest absolute Gasteiger partial charge is 0.136 e. The zero-order chi connectivity index (χ0) is 28.0. The van der Waals surface area contributed by atoms with E-state index in [0.717, 1.165) is 11.2 Å². The van der Waals surface area contributed by atoms with Crippen LogP contribution in [-0.2, 0) is 5.41 Å². The Morgan fingerprint density at radius 2 is 1.00 bits per heavy atom. The maximum atomic E-state index is 6.30. The molecule has 42 heavy (non-hydrogen) atoms. The van der Waals surface area contributed by atoms with Crippen LogP contribution in [0.1, 0.15) is 25.0 Å². The van der Waals surface area contributed by atoms with E-state index in [1.807, 2.05) is 6.07 Å². The molecule has 1 heteroatoms. The van der Waals surface area contributed by atoms with E-state index in [1.54, 1.807) is 0 Å². The molecule has 0 radical (unpaired) electrons. The Hall–Kier alpha value is -5.14. The van der Waals surface area contributed by atoms with Gasteiger partial charge in [-0.3, -0.25) is 0 Å². The topological polar surface area (TPSA) is 13.1 Å². The Kier molecular flexibility index (Phi) is 4.73. The molecule has 7 aromatic carbocycles. The molecule has 0 saturated heterocycles. The number of furan rings is 1. The van der Waals surface area contributed by atoms with Crippen LogP contribution in [0.5, 0.6) is 0 Å². The minimum Gasteiger partial charge on any atom is -0.456 e. The highest BCUT2D eigenvalue weighted by Crippen LogP contribution is 2.54. The van der Waals surface area contributed by atoms with Crippen LogP contribution in [0, 0.1) is 0 Å². The fourth-order valence-corrected chi connectivity index (χ4v) is 7.55. The van der Waals surface area contributed by atoms with Crippen LogP contribution in [0.15, 0.2) is 138 Å². The van der Waals surface area contributed by atoms with Crippen LogP contribution in [0.25, 0.3) is 76.9 Å². The SMILES string of the molecule is CC1(C)c2cc(-c3c4ccccc4c(-c4ccccc4)c4ccccc34)ccc2-c2c1ccc1oc3ccccc3c21. The molecule has 0 amide bonds. The minimum absolute atomic E-state index is 0.136. The van der Waals surface area contributed by atoms with Crippen LogP contribution in [0.2, 0.25) is 0 Å². The average Bonchev–Trinajstić information content (AvgIpc) is 3.52. The van der Waals surface area contributed by atoms with Crippen molar-refractivity contribution in [2.24, 2.45) is 0 Å². The fraction of sp³-hybridized carbons (Fsp3) is 0.0732. The molecule has 0 spiro atoms. The number of hydrogen-bond donors (Lipinski definition) is 0. The lowest BCUT2D eigenvalue weighted by Crippen LogP contribution is -2.15. The van der Waals surface area contributed by atoms with Gasteiger partial charge in [0.25, 0.3) is 0 Å². The molecule has 198 valence electrons. The molecule has 1 heterocycles. The van der Waals surface area contributed by atoms with Gasteiger partial charge in [0.1, 0.15) is 11.2 Å². The highest BCUT2D eigenvalue weighted by Gasteiger charge is 2.37. The molecule has 9 rings (SSSR count). The van der Waals surface area contributed by atoms with Crippen LogP contribution in [0.3, 0.4) is 0 Å². The van der Waals surface area contributed by atoms with Crippen LogP contribution in [-0.4, -0.2) is 0 Å². The van der Waals surface area contributed by atoms with Gasteiger partial charge >= 0.3 is 0 Å². The first-order valence-electron chi connectivity index (χ1n) is 14.7. The van der Waals surface area contributed by atoms with E-state index in [9.17, 15) is 0 Å². The van der Waals surface area contributed by atoms with E-state index in [0.29, 0.717) is 0 Å². The molecule has 0 N–H and O–H groups in total. The maximum absolute atomic E-state index is 6.30. The molecule has 1 aliphatic carbocycles. The van der Waals surface area contributed by atoms with Crippen molar-refractivity contribution in [3.63, 3.8) is 0 Å². The number of para-hydroxylation sites is 1. The molecule has 0 fully saturated rings. The van der Waals surface area contributed by atoms with E-state index in [4.69, 9.17) is 4.42 Å². The van der Waals surface area contributed by atoms with E-state index in [2.05, 4.69) is 141 Å². The molecule has 0 aliphatic heterocycles. The van der Waals surface area contributed by atoms with Gasteiger partial charge in [0.2, 0.25) is 0 Å². The normalized spacial score (nSPS) is 13.7. The first-order valence-corrected chi connectivity index (χ1v) is 14.7. The standard InChI is InChI=1S/C41H28O/c1-41(2)33-22-23-36-40(32-18-10-11-19-35(32)42-36)39(33)31-21-20-26(24-34(31)41)38-29-16-8-6-14-27(29)37(25-12-4-3-5-13-25)28-15-7-9-17-30(28)38/h3-24H,1-2H3. The predicted octanol–water partition coefficient (Wildman–Crippen LogP) is 11.5. The average molecular weight is 537 g/mol. The minimum atomic E-state index is -0.136. The molecule has 8 aromatic rings. The van der Waals surface area contributed by atoms with Gasteiger partial charge in [-0.2, -0.15) is 0 Å². The highest BCUT2D eigenvalue weighted by molar-refractivity contribution is 6.22. The third-order valence-electron chi connectivity index (χ3n) is 9.46. The molecule has 0 saturated carbocycles. The Labute approximate surface area is 244 Å². The van der Waals surface area contributed by atoms with Crippen LogP contribution < -0.4 is 0 Å². The van der Waals surface area contributed by atoms with Gasteiger partial charge in [0, 0.05) is 16.2 Å². The molecular weight excluding hydrogens is 508 g/mol. The van der Waals surface area contributed by atoms with Gasteiger partial charge in [-0.05, 0) is 84.3 Å². The van der Waals surface area contributed by atoms with Crippen molar-refractivity contribution < 1.29 is 4.42 Å². The van der Waals surface area contributed by atoms with Gasteiger partial charge in [-0.25, -0.2) is 0 Å². The van der Waals surface area contributed by atoms with Gasteiger partial charge < -0.3 is 4.42 Å². The highest BCUT2D eigenvalue weighted by atomic mass is 16.3. The summed E-state index contributed by atoms with van der Waals surface area (Å²) in [7, 11) is 0. The molecule has 1 aromatic heterocycles. The second kappa shape index (κ2) is 8.44. The zero-order valence-corrected chi connectivity index (χ0v) is 23.6. The Morgan fingerprint density at radius 3 is 1.67 bits per heavy atom. The third kappa shape index (κ3) is 3.08. The summed E-state index contributed by atoms with van der Waals surface area (Å²) in [6.07, 6.45) is 0. The van der Waals surface area contributed by atoms with Crippen molar-refractivity contribution in [1.82, 2.24) is 0 Å². The summed E-state index contributed by atoms with van der Waals surface area (Å²) in [5.74, 6) is 0. The van der Waals surface area contributed by atoms with Gasteiger partial charge in [-0.1, -0.05) is 129 Å². The van der Waals surface area contributed by atoms with E-state index in [1.165, 1.54) is 76.8 Å². The lowest BCUT2D eigenvalue weighted by atomic mass is 9.80. The number of rotatable bonds is 2. The maximum Gasteiger partial charge on any atom is 0.136 e. The summed E-state index contributed by atoms with van der Waals surface area (Å²) in [6, 6.07) is 48.6. The predicted molar refractivity (Wildman–Crippen MR) is 177 cm³/mol. The summed E-state index contributed by atoms with van der Waals surface area (Å²) in [5.41, 5.74) is 12.2. The monoisotopic (exact) mass is 536 g/mol. The number of hydrogen-bond acceptors (Lipinski definition) is 1. The van der Waals surface area contributed by atoms with E-state index >= 15 is 0 Å². The summed E-state index contributed by atoms with van der Waals surface area (Å²) >= 11 is 0. The summed E-state index contributed by atoms with van der Waals surface area (Å²) in [4.78, 5) is 0. The van der Waals surface area contributed by atoms with Crippen molar-refractivity contribution >= 4 is 43.5 Å². The van der Waals surface area contributed by atoms with E-state index < -0.39 is 0 Å². The molecular formula is C41H28O. The largest absolute Gasteiger partial charge is 0.456 e. The zero-order valence-electron chi connectivity index (χ0n) is 23.6. The summed E-state index contributed by atoms with van der Waals surface area (Å²) < 4.78 is 6.30. The Morgan fingerprint density at radius 1 is 0.429 bits per heavy atom. The van der Waals surface area contributed by atoms with Crippen molar-refractivity contribution in [2.45, 2.75) is 19.3 Å². The van der Waals surface area contributed by atoms with Crippen LogP contribution in [0.4, 0.5) is 0 Å².